The fourth-order valence-electron chi connectivity index (χ4n) is 0.747. The summed E-state index contributed by atoms with van der Waals surface area (Å²) in [4.78, 5) is 3.78. The second-order valence-electron chi connectivity index (χ2n) is 2.00. The van der Waals surface area contributed by atoms with Crippen LogP contribution in [0.1, 0.15) is 11.3 Å². The molecule has 1 aromatic heterocycles. The maximum atomic E-state index is 8.58. The van der Waals surface area contributed by atoms with Crippen LogP contribution in [0.4, 0.5) is 0 Å². The van der Waals surface area contributed by atoms with Crippen LogP contribution in [0.5, 0.6) is 0 Å². The van der Waals surface area contributed by atoms with Gasteiger partial charge in [0.2, 0.25) is 0 Å². The van der Waals surface area contributed by atoms with Gasteiger partial charge < -0.3 is 10.9 Å². The number of nitrogens with zero attached hydrogens (tertiary/aromatic N) is 3. The zero-order valence-electron chi connectivity index (χ0n) is 6.10. The highest BCUT2D eigenvalue weighted by molar-refractivity contribution is 5.97. The Labute approximate surface area is 68.8 Å². The van der Waals surface area contributed by atoms with E-state index in [9.17, 15) is 0 Å². The van der Waals surface area contributed by atoms with Crippen molar-refractivity contribution in [3.05, 3.63) is 29.6 Å². The molecule has 0 aliphatic heterocycles. The smallest absolute Gasteiger partial charge is 0.190 e. The highest BCUT2D eigenvalue weighted by Gasteiger charge is 2.05. The fraction of sp³-hybridized carbons (Fsp3) is 0. The molecular weight excluding hydrogens is 156 g/mol. The first kappa shape index (κ1) is 8.01. The number of hydrogen-bond donors (Lipinski definition) is 2. The Morgan fingerprint density at radius 1 is 1.75 bits per heavy atom. The number of oxime groups is 1. The van der Waals surface area contributed by atoms with E-state index >= 15 is 0 Å². The average Bonchev–Trinajstić information content (AvgIpc) is 2.16. The molecule has 0 saturated carbocycles. The van der Waals surface area contributed by atoms with E-state index in [4.69, 9.17) is 16.2 Å². The Morgan fingerprint density at radius 3 is 3.08 bits per heavy atom. The Bertz CT molecular complexity index is 353. The highest BCUT2D eigenvalue weighted by Crippen LogP contribution is 2.01. The third-order valence-electron chi connectivity index (χ3n) is 1.28. The molecule has 5 nitrogen and oxygen atoms in total. The molecule has 0 aliphatic rings. The van der Waals surface area contributed by atoms with E-state index in [2.05, 4.69) is 10.1 Å². The number of rotatable bonds is 1. The molecule has 0 fully saturated rings. The van der Waals surface area contributed by atoms with Crippen LogP contribution in [0.3, 0.4) is 0 Å². The predicted octanol–water partition coefficient (Wildman–Crippen LogP) is 0.0478. The van der Waals surface area contributed by atoms with E-state index in [-0.39, 0.29) is 17.1 Å². The number of amidine groups is 1. The molecule has 0 bridgehead atoms. The highest BCUT2D eigenvalue weighted by atomic mass is 16.4. The molecule has 3 N–H and O–H groups in total. The molecule has 12 heavy (non-hydrogen) atoms. The third kappa shape index (κ3) is 1.32. The molecule has 1 rings (SSSR count). The van der Waals surface area contributed by atoms with Gasteiger partial charge in [-0.3, -0.25) is 4.98 Å². The van der Waals surface area contributed by atoms with Crippen LogP contribution in [-0.4, -0.2) is 16.0 Å². The molecule has 0 radical (unpaired) electrons. The molecule has 0 atom stereocenters. The first-order valence-electron chi connectivity index (χ1n) is 3.12. The van der Waals surface area contributed by atoms with E-state index in [1.165, 1.54) is 6.20 Å². The fourth-order valence-corrected chi connectivity index (χ4v) is 0.747. The average molecular weight is 162 g/mol. The van der Waals surface area contributed by atoms with Crippen molar-refractivity contribution in [1.82, 2.24) is 4.98 Å². The lowest BCUT2D eigenvalue weighted by Crippen LogP contribution is -2.16. The summed E-state index contributed by atoms with van der Waals surface area (Å²) in [7, 11) is 0. The van der Waals surface area contributed by atoms with Crippen molar-refractivity contribution in [3.63, 3.8) is 0 Å². The topological polar surface area (TPSA) is 95.3 Å². The van der Waals surface area contributed by atoms with Gasteiger partial charge in [-0.1, -0.05) is 5.16 Å². The van der Waals surface area contributed by atoms with Gasteiger partial charge in [0, 0.05) is 6.20 Å². The largest absolute Gasteiger partial charge is 0.409 e. The lowest BCUT2D eigenvalue weighted by molar-refractivity contribution is 0.318. The standard InChI is InChI=1S/C7H6N4O/c8-4-5-2-1-3-10-6(5)7(9)11-12/h1-3,12H,(H2,9,11). The molecule has 0 aromatic carbocycles. The third-order valence-corrected chi connectivity index (χ3v) is 1.28. The van der Waals surface area contributed by atoms with Crippen LogP contribution in [0.15, 0.2) is 23.5 Å². The van der Waals surface area contributed by atoms with Gasteiger partial charge in [0.15, 0.2) is 5.84 Å². The van der Waals surface area contributed by atoms with Gasteiger partial charge in [0.1, 0.15) is 11.8 Å². The van der Waals surface area contributed by atoms with E-state index in [0.717, 1.165) is 0 Å². The predicted molar refractivity (Wildman–Crippen MR) is 41.5 cm³/mol. The van der Waals surface area contributed by atoms with Crippen LogP contribution in [0.25, 0.3) is 0 Å². The number of nitrogens with two attached hydrogens (primary N) is 1. The molecule has 0 unspecified atom stereocenters. The minimum absolute atomic E-state index is 0.160. The molecule has 1 heterocycles. The quantitative estimate of drug-likeness (QED) is 0.264. The van der Waals surface area contributed by atoms with Gasteiger partial charge in [0.25, 0.3) is 0 Å². The Kier molecular flexibility index (Phi) is 2.23. The Morgan fingerprint density at radius 2 is 2.50 bits per heavy atom. The molecule has 5 heteroatoms. The molecule has 1 aromatic rings. The van der Waals surface area contributed by atoms with Crippen LogP contribution in [0.2, 0.25) is 0 Å². The van der Waals surface area contributed by atoms with Gasteiger partial charge in [-0.25, -0.2) is 0 Å². The van der Waals surface area contributed by atoms with Crippen molar-refractivity contribution in [2.24, 2.45) is 10.9 Å². The summed E-state index contributed by atoms with van der Waals surface area (Å²) >= 11 is 0. The normalized spacial score (nSPS) is 10.8. The van der Waals surface area contributed by atoms with Crippen LogP contribution in [-0.2, 0) is 0 Å². The van der Waals surface area contributed by atoms with Crippen molar-refractivity contribution in [3.8, 4) is 6.07 Å². The van der Waals surface area contributed by atoms with Crippen molar-refractivity contribution in [1.29, 1.82) is 5.26 Å². The van der Waals surface area contributed by atoms with Gasteiger partial charge in [-0.15, -0.1) is 0 Å². The van der Waals surface area contributed by atoms with Gasteiger partial charge >= 0.3 is 0 Å². The van der Waals surface area contributed by atoms with Crippen molar-refractivity contribution < 1.29 is 5.21 Å². The van der Waals surface area contributed by atoms with Crippen molar-refractivity contribution in [2.75, 3.05) is 0 Å². The summed E-state index contributed by atoms with van der Waals surface area (Å²) in [6.45, 7) is 0. The first-order chi connectivity index (χ1) is 5.79. The number of nitriles is 1. The maximum Gasteiger partial charge on any atom is 0.190 e. The monoisotopic (exact) mass is 162 g/mol. The molecule has 0 saturated heterocycles. The first-order valence-corrected chi connectivity index (χ1v) is 3.12. The zero-order chi connectivity index (χ0) is 8.97. The second-order valence-corrected chi connectivity index (χ2v) is 2.00. The molecule has 60 valence electrons. The Balaban J connectivity index is 3.25. The van der Waals surface area contributed by atoms with E-state index < -0.39 is 0 Å². The second kappa shape index (κ2) is 3.34. The minimum atomic E-state index is -0.160. The van der Waals surface area contributed by atoms with Crippen LogP contribution >= 0.6 is 0 Å². The summed E-state index contributed by atoms with van der Waals surface area (Å²) in [5.41, 5.74) is 5.74. The summed E-state index contributed by atoms with van der Waals surface area (Å²) in [6.07, 6.45) is 1.47. The maximum absolute atomic E-state index is 8.58. The van der Waals surface area contributed by atoms with Crippen LogP contribution in [0, 0.1) is 11.3 Å². The summed E-state index contributed by atoms with van der Waals surface area (Å²) in [6, 6.07) is 5.02. The SMILES string of the molecule is N#Cc1cccnc1C(N)=NO. The van der Waals surface area contributed by atoms with Gasteiger partial charge in [-0.05, 0) is 12.1 Å². The molecule has 0 aliphatic carbocycles. The summed E-state index contributed by atoms with van der Waals surface area (Å²) < 4.78 is 0. The number of pyridine rings is 1. The molecule has 0 spiro atoms. The number of aromatic nitrogens is 1. The Hall–Kier alpha value is -2.09. The zero-order valence-corrected chi connectivity index (χ0v) is 6.10. The summed E-state index contributed by atoms with van der Waals surface area (Å²) in [5, 5.41) is 19.7. The van der Waals surface area contributed by atoms with Crippen LogP contribution < -0.4 is 5.73 Å². The van der Waals surface area contributed by atoms with E-state index in [0.29, 0.717) is 0 Å². The molecular formula is C7H6N4O. The van der Waals surface area contributed by atoms with Crippen molar-refractivity contribution in [2.45, 2.75) is 0 Å². The van der Waals surface area contributed by atoms with Gasteiger partial charge in [0.05, 0.1) is 5.56 Å². The lowest BCUT2D eigenvalue weighted by atomic mass is 10.2. The lowest BCUT2D eigenvalue weighted by Gasteiger charge is -1.97. The number of hydrogen-bond acceptors (Lipinski definition) is 4. The van der Waals surface area contributed by atoms with E-state index in [1.807, 2.05) is 6.07 Å². The minimum Gasteiger partial charge on any atom is -0.409 e. The molecule has 0 amide bonds. The summed E-state index contributed by atoms with van der Waals surface area (Å²) in [5.74, 6) is -0.160. The van der Waals surface area contributed by atoms with Gasteiger partial charge in [-0.2, -0.15) is 5.26 Å². The van der Waals surface area contributed by atoms with Crippen molar-refractivity contribution >= 4 is 5.84 Å². The van der Waals surface area contributed by atoms with E-state index in [1.54, 1.807) is 12.1 Å².